The lowest BCUT2D eigenvalue weighted by Gasteiger charge is -2.22. The molecule has 1 rings (SSSR count). The van der Waals surface area contributed by atoms with Crippen LogP contribution >= 0.6 is 0 Å². The Labute approximate surface area is 97.6 Å². The second-order valence-electron chi connectivity index (χ2n) is 4.28. The van der Waals surface area contributed by atoms with E-state index < -0.39 is 18.2 Å². The van der Waals surface area contributed by atoms with Crippen LogP contribution in [-0.2, 0) is 4.79 Å². The van der Waals surface area contributed by atoms with Gasteiger partial charge in [0.2, 0.25) is 0 Å². The van der Waals surface area contributed by atoms with Crippen LogP contribution in [0.3, 0.4) is 0 Å². The fourth-order valence-electron chi connectivity index (χ4n) is 2.08. The molecule has 2 atom stereocenters. The van der Waals surface area contributed by atoms with Crippen LogP contribution in [0.15, 0.2) is 0 Å². The second kappa shape index (κ2) is 5.68. The maximum absolute atomic E-state index is 12.2. The molecule has 4 nitrogen and oxygen atoms in total. The van der Waals surface area contributed by atoms with Crippen molar-refractivity contribution in [2.45, 2.75) is 31.5 Å². The van der Waals surface area contributed by atoms with E-state index in [1.807, 2.05) is 0 Å². The average molecular weight is 254 g/mol. The normalized spacial score (nSPS) is 24.3. The number of hydrogen-bond donors (Lipinski definition) is 2. The third kappa shape index (κ3) is 3.85. The third-order valence-electron chi connectivity index (χ3n) is 3.09. The molecule has 100 valence electrons. The van der Waals surface area contributed by atoms with Crippen molar-refractivity contribution in [2.24, 2.45) is 11.7 Å². The summed E-state index contributed by atoms with van der Waals surface area (Å²) in [4.78, 5) is 11.8. The second-order valence-corrected chi connectivity index (χ2v) is 4.28. The van der Waals surface area contributed by atoms with Crippen molar-refractivity contribution in [3.05, 3.63) is 0 Å². The largest absolute Gasteiger partial charge is 0.471 e. The number of carbonyl (C=O) groups is 1. The molecule has 1 amide bonds. The molecule has 0 bridgehead atoms. The maximum atomic E-state index is 12.2. The van der Waals surface area contributed by atoms with Crippen molar-refractivity contribution < 1.29 is 23.1 Å². The zero-order valence-corrected chi connectivity index (χ0v) is 9.41. The van der Waals surface area contributed by atoms with Crippen molar-refractivity contribution >= 4 is 5.91 Å². The number of nitrogens with zero attached hydrogens (tertiary/aromatic N) is 1. The van der Waals surface area contributed by atoms with E-state index in [-0.39, 0.29) is 25.6 Å². The van der Waals surface area contributed by atoms with Crippen molar-refractivity contribution in [1.82, 2.24) is 4.90 Å². The zero-order valence-electron chi connectivity index (χ0n) is 9.41. The molecular formula is C10H17F3N2O2. The van der Waals surface area contributed by atoms with Crippen molar-refractivity contribution in [1.29, 1.82) is 0 Å². The lowest BCUT2D eigenvalue weighted by Crippen LogP contribution is -2.41. The fraction of sp³-hybridized carbons (Fsp3) is 0.900. The Bertz CT molecular complexity index is 271. The van der Waals surface area contributed by atoms with Gasteiger partial charge >= 0.3 is 12.1 Å². The SMILES string of the molecule is NCC(O)C1CCCN(C(=O)C(F)(F)F)CC1. The van der Waals surface area contributed by atoms with Gasteiger partial charge in [0.1, 0.15) is 0 Å². The van der Waals surface area contributed by atoms with Crippen LogP contribution in [0, 0.1) is 5.92 Å². The molecule has 0 aromatic carbocycles. The number of rotatable bonds is 2. The molecule has 1 aliphatic heterocycles. The van der Waals surface area contributed by atoms with Gasteiger partial charge in [-0.25, -0.2) is 0 Å². The monoisotopic (exact) mass is 254 g/mol. The van der Waals surface area contributed by atoms with Crippen LogP contribution < -0.4 is 5.73 Å². The lowest BCUT2D eigenvalue weighted by atomic mass is 9.94. The Morgan fingerprint density at radius 1 is 1.41 bits per heavy atom. The van der Waals surface area contributed by atoms with Gasteiger partial charge in [-0.2, -0.15) is 13.2 Å². The molecule has 2 unspecified atom stereocenters. The van der Waals surface area contributed by atoms with Gasteiger partial charge in [-0.15, -0.1) is 0 Å². The third-order valence-corrected chi connectivity index (χ3v) is 3.09. The molecule has 0 aromatic heterocycles. The summed E-state index contributed by atoms with van der Waals surface area (Å²) in [7, 11) is 0. The predicted molar refractivity (Wildman–Crippen MR) is 55.0 cm³/mol. The molecule has 17 heavy (non-hydrogen) atoms. The highest BCUT2D eigenvalue weighted by Gasteiger charge is 2.42. The van der Waals surface area contributed by atoms with Crippen LogP contribution in [0.25, 0.3) is 0 Å². The summed E-state index contributed by atoms with van der Waals surface area (Å²) in [6.07, 6.45) is -4.09. The van der Waals surface area contributed by atoms with Gasteiger partial charge in [-0.1, -0.05) is 0 Å². The first kappa shape index (κ1) is 14.2. The molecule has 1 aliphatic rings. The summed E-state index contributed by atoms with van der Waals surface area (Å²) in [6.45, 7) is 0.212. The van der Waals surface area contributed by atoms with E-state index in [0.29, 0.717) is 19.3 Å². The van der Waals surface area contributed by atoms with Gasteiger partial charge < -0.3 is 15.7 Å². The van der Waals surface area contributed by atoms with E-state index in [9.17, 15) is 23.1 Å². The highest BCUT2D eigenvalue weighted by Crippen LogP contribution is 2.24. The van der Waals surface area contributed by atoms with E-state index in [0.717, 1.165) is 4.90 Å². The van der Waals surface area contributed by atoms with E-state index in [4.69, 9.17) is 5.73 Å². The number of amides is 1. The standard InChI is InChI=1S/C10H17F3N2O2/c11-10(12,13)9(17)15-4-1-2-7(3-5-15)8(16)6-14/h7-8,16H,1-6,14H2. The predicted octanol–water partition coefficient (Wildman–Crippen LogP) is 0.497. The molecule has 0 spiro atoms. The quantitative estimate of drug-likeness (QED) is 0.754. The van der Waals surface area contributed by atoms with Gasteiger partial charge in [0.15, 0.2) is 0 Å². The van der Waals surface area contributed by atoms with Crippen molar-refractivity contribution in [2.75, 3.05) is 19.6 Å². The molecule has 7 heteroatoms. The molecular weight excluding hydrogens is 237 g/mol. The van der Waals surface area contributed by atoms with E-state index >= 15 is 0 Å². The Kier molecular flexibility index (Phi) is 4.76. The summed E-state index contributed by atoms with van der Waals surface area (Å²) in [5.41, 5.74) is 5.31. The highest BCUT2D eigenvalue weighted by atomic mass is 19.4. The average Bonchev–Trinajstić information content (AvgIpc) is 2.51. The molecule has 1 saturated heterocycles. The Hall–Kier alpha value is -0.820. The molecule has 0 saturated carbocycles. The van der Waals surface area contributed by atoms with Crippen LogP contribution in [0.2, 0.25) is 0 Å². The lowest BCUT2D eigenvalue weighted by molar-refractivity contribution is -0.185. The number of halogens is 3. The number of alkyl halides is 3. The molecule has 3 N–H and O–H groups in total. The molecule has 0 aromatic rings. The van der Waals surface area contributed by atoms with Gasteiger partial charge in [0, 0.05) is 19.6 Å². The minimum absolute atomic E-state index is 0.0278. The van der Waals surface area contributed by atoms with E-state index in [2.05, 4.69) is 0 Å². The molecule has 1 fully saturated rings. The smallest absolute Gasteiger partial charge is 0.392 e. The number of nitrogens with two attached hydrogens (primary N) is 1. The Morgan fingerprint density at radius 3 is 2.59 bits per heavy atom. The summed E-state index contributed by atoms with van der Waals surface area (Å²) in [5, 5.41) is 9.54. The Morgan fingerprint density at radius 2 is 2.06 bits per heavy atom. The van der Waals surface area contributed by atoms with Crippen LogP contribution in [-0.4, -0.2) is 47.8 Å². The van der Waals surface area contributed by atoms with Gasteiger partial charge in [-0.3, -0.25) is 4.79 Å². The minimum Gasteiger partial charge on any atom is -0.392 e. The first-order valence-corrected chi connectivity index (χ1v) is 5.60. The summed E-state index contributed by atoms with van der Waals surface area (Å²) >= 11 is 0. The topological polar surface area (TPSA) is 66.6 Å². The number of hydrogen-bond acceptors (Lipinski definition) is 3. The Balaban J connectivity index is 2.56. The van der Waals surface area contributed by atoms with Crippen LogP contribution in [0.5, 0.6) is 0 Å². The molecule has 0 aliphatic carbocycles. The first-order valence-electron chi connectivity index (χ1n) is 5.60. The molecule has 0 radical (unpaired) electrons. The minimum atomic E-state index is -4.81. The number of aliphatic hydroxyl groups is 1. The zero-order chi connectivity index (χ0) is 13.1. The summed E-state index contributed by atoms with van der Waals surface area (Å²) in [5.74, 6) is -1.91. The number of carbonyl (C=O) groups excluding carboxylic acids is 1. The van der Waals surface area contributed by atoms with Gasteiger partial charge in [0.25, 0.3) is 0 Å². The number of aliphatic hydroxyl groups excluding tert-OH is 1. The molecule has 1 heterocycles. The van der Waals surface area contributed by atoms with Crippen LogP contribution in [0.1, 0.15) is 19.3 Å². The summed E-state index contributed by atoms with van der Waals surface area (Å²) in [6, 6.07) is 0. The fourth-order valence-corrected chi connectivity index (χ4v) is 2.08. The van der Waals surface area contributed by atoms with E-state index in [1.165, 1.54) is 0 Å². The van der Waals surface area contributed by atoms with Gasteiger partial charge in [-0.05, 0) is 25.2 Å². The maximum Gasteiger partial charge on any atom is 0.471 e. The number of likely N-dealkylation sites (tertiary alicyclic amines) is 1. The highest BCUT2D eigenvalue weighted by molar-refractivity contribution is 5.81. The van der Waals surface area contributed by atoms with Crippen molar-refractivity contribution in [3.63, 3.8) is 0 Å². The van der Waals surface area contributed by atoms with Crippen molar-refractivity contribution in [3.8, 4) is 0 Å². The van der Waals surface area contributed by atoms with Crippen LogP contribution in [0.4, 0.5) is 13.2 Å². The van der Waals surface area contributed by atoms with Gasteiger partial charge in [0.05, 0.1) is 6.10 Å². The van der Waals surface area contributed by atoms with E-state index in [1.54, 1.807) is 0 Å². The first-order chi connectivity index (χ1) is 7.86. The summed E-state index contributed by atoms with van der Waals surface area (Å²) < 4.78 is 36.7.